The second kappa shape index (κ2) is 3.30. The summed E-state index contributed by atoms with van der Waals surface area (Å²) >= 11 is 1.77. The van der Waals surface area contributed by atoms with Crippen molar-refractivity contribution in [2.75, 3.05) is 0 Å². The summed E-state index contributed by atoms with van der Waals surface area (Å²) in [5, 5.41) is 0. The van der Waals surface area contributed by atoms with E-state index in [2.05, 4.69) is 47.5 Å². The van der Waals surface area contributed by atoms with E-state index >= 15 is 0 Å². The molecule has 13 heavy (non-hydrogen) atoms. The molecule has 0 saturated heterocycles. The Labute approximate surface area is 82.3 Å². The smallest absolute Gasteiger partial charge is 0.197 e. The highest BCUT2D eigenvalue weighted by Crippen LogP contribution is 2.22. The fourth-order valence-electron chi connectivity index (χ4n) is 1.25. The second-order valence-electron chi connectivity index (χ2n) is 3.25. The molecule has 2 heteroatoms. The molecule has 2 rings (SSSR count). The Morgan fingerprint density at radius 1 is 1.15 bits per heavy atom. The fourth-order valence-corrected chi connectivity index (χ4v) is 2.09. The van der Waals surface area contributed by atoms with E-state index < -0.39 is 0 Å². The third kappa shape index (κ3) is 1.78. The molecule has 0 aliphatic rings. The monoisotopic (exact) mass is 190 g/mol. The van der Waals surface area contributed by atoms with E-state index in [9.17, 15) is 0 Å². The molecule has 0 spiro atoms. The number of thiazole rings is 1. The Bertz CT molecular complexity index is 400. The van der Waals surface area contributed by atoms with Gasteiger partial charge in [0, 0.05) is 0 Å². The average Bonchev–Trinajstić information content (AvgIpc) is 2.53. The van der Waals surface area contributed by atoms with Crippen LogP contribution in [-0.2, 0) is 7.05 Å². The summed E-state index contributed by atoms with van der Waals surface area (Å²) in [5.74, 6) is 0. The predicted molar refractivity (Wildman–Crippen MR) is 55.7 cm³/mol. The number of nitrogens with zero attached hydrogens (tertiary/aromatic N) is 1. The van der Waals surface area contributed by atoms with Crippen molar-refractivity contribution in [3.05, 3.63) is 41.5 Å². The van der Waals surface area contributed by atoms with Gasteiger partial charge in [0.15, 0.2) is 6.20 Å². The quantitative estimate of drug-likeness (QED) is 0.608. The first kappa shape index (κ1) is 8.45. The largest absolute Gasteiger partial charge is 0.225 e. The lowest BCUT2D eigenvalue weighted by atomic mass is 10.1. The molecule has 1 heterocycles. The molecule has 1 aromatic heterocycles. The van der Waals surface area contributed by atoms with Crippen molar-refractivity contribution in [3.63, 3.8) is 0 Å². The molecule has 0 N–H and O–H groups in total. The molecule has 0 saturated carbocycles. The van der Waals surface area contributed by atoms with E-state index in [1.807, 2.05) is 7.05 Å². The van der Waals surface area contributed by atoms with Crippen LogP contribution in [0, 0.1) is 6.92 Å². The molecule has 0 amide bonds. The lowest BCUT2D eigenvalue weighted by Crippen LogP contribution is -2.22. The molecule has 1 nitrogen and oxygen atoms in total. The van der Waals surface area contributed by atoms with Crippen LogP contribution in [0.4, 0.5) is 0 Å². The minimum absolute atomic E-state index is 1.30. The van der Waals surface area contributed by atoms with Crippen LogP contribution in [0.15, 0.2) is 36.0 Å². The van der Waals surface area contributed by atoms with Crippen molar-refractivity contribution in [2.24, 2.45) is 7.05 Å². The maximum Gasteiger partial charge on any atom is 0.225 e. The van der Waals surface area contributed by atoms with Crippen LogP contribution in [0.3, 0.4) is 0 Å². The molecular formula is C11H12NS+. The van der Waals surface area contributed by atoms with Crippen LogP contribution in [-0.4, -0.2) is 0 Å². The van der Waals surface area contributed by atoms with Gasteiger partial charge in [0.2, 0.25) is 5.51 Å². The predicted octanol–water partition coefficient (Wildman–Crippen LogP) is 2.55. The maximum atomic E-state index is 2.17. The van der Waals surface area contributed by atoms with E-state index in [0.717, 1.165) is 0 Å². The van der Waals surface area contributed by atoms with Crippen LogP contribution >= 0.6 is 11.3 Å². The van der Waals surface area contributed by atoms with Crippen LogP contribution in [0.25, 0.3) is 10.4 Å². The highest BCUT2D eigenvalue weighted by molar-refractivity contribution is 7.12. The zero-order chi connectivity index (χ0) is 9.26. The number of aromatic nitrogens is 1. The number of hydrogen-bond donors (Lipinski definition) is 0. The number of benzene rings is 1. The van der Waals surface area contributed by atoms with Crippen molar-refractivity contribution < 1.29 is 4.57 Å². The molecule has 1 aromatic carbocycles. The molecular weight excluding hydrogens is 178 g/mol. The third-order valence-electron chi connectivity index (χ3n) is 2.00. The third-order valence-corrected chi connectivity index (χ3v) is 3.04. The van der Waals surface area contributed by atoms with Crippen molar-refractivity contribution in [3.8, 4) is 10.4 Å². The zero-order valence-electron chi connectivity index (χ0n) is 7.82. The molecule has 2 aromatic rings. The first-order chi connectivity index (χ1) is 6.25. The maximum absolute atomic E-state index is 2.17. The molecule has 0 aliphatic heterocycles. The molecule has 66 valence electrons. The van der Waals surface area contributed by atoms with Gasteiger partial charge in [-0.1, -0.05) is 41.2 Å². The summed E-state index contributed by atoms with van der Waals surface area (Å²) in [5.41, 5.74) is 4.72. The van der Waals surface area contributed by atoms with Crippen LogP contribution in [0.2, 0.25) is 0 Å². The Morgan fingerprint density at radius 2 is 1.85 bits per heavy atom. The molecule has 0 bridgehead atoms. The van der Waals surface area contributed by atoms with Gasteiger partial charge in [-0.15, -0.1) is 0 Å². The lowest BCUT2D eigenvalue weighted by molar-refractivity contribution is -0.666. The van der Waals surface area contributed by atoms with Crippen molar-refractivity contribution in [1.82, 2.24) is 0 Å². The topological polar surface area (TPSA) is 3.88 Å². The Hall–Kier alpha value is -1.15. The summed E-state index contributed by atoms with van der Waals surface area (Å²) in [6.07, 6.45) is 2.15. The lowest BCUT2D eigenvalue weighted by Gasteiger charge is -1.94. The highest BCUT2D eigenvalue weighted by Gasteiger charge is 2.04. The Morgan fingerprint density at radius 3 is 2.38 bits per heavy atom. The molecule has 0 unspecified atom stereocenters. The zero-order valence-corrected chi connectivity index (χ0v) is 8.64. The van der Waals surface area contributed by atoms with Crippen LogP contribution < -0.4 is 4.57 Å². The summed E-state index contributed by atoms with van der Waals surface area (Å²) < 4.78 is 2.08. The fraction of sp³-hybridized carbons (Fsp3) is 0.182. The van der Waals surface area contributed by atoms with Crippen molar-refractivity contribution >= 4 is 11.3 Å². The Kier molecular flexibility index (Phi) is 2.15. The highest BCUT2D eigenvalue weighted by atomic mass is 32.1. The van der Waals surface area contributed by atoms with Gasteiger partial charge < -0.3 is 0 Å². The number of hydrogen-bond acceptors (Lipinski definition) is 1. The first-order valence-electron chi connectivity index (χ1n) is 4.26. The SMILES string of the molecule is Cc1ccc(-c2c[n+](C)cs2)cc1. The van der Waals surface area contributed by atoms with Crippen LogP contribution in [0.5, 0.6) is 0 Å². The summed E-state index contributed by atoms with van der Waals surface area (Å²) in [4.78, 5) is 1.32. The van der Waals surface area contributed by atoms with E-state index in [4.69, 9.17) is 0 Å². The molecule has 0 aliphatic carbocycles. The summed E-state index contributed by atoms with van der Waals surface area (Å²) in [6.45, 7) is 2.11. The van der Waals surface area contributed by atoms with Gasteiger partial charge in [0.05, 0.1) is 0 Å². The van der Waals surface area contributed by atoms with E-state index in [1.165, 1.54) is 16.0 Å². The molecule has 0 fully saturated rings. The van der Waals surface area contributed by atoms with Gasteiger partial charge in [-0.2, -0.15) is 4.57 Å². The number of aryl methyl sites for hydroxylation is 2. The first-order valence-corrected chi connectivity index (χ1v) is 5.14. The van der Waals surface area contributed by atoms with Gasteiger partial charge in [-0.3, -0.25) is 0 Å². The standard InChI is InChI=1S/C11H12NS/c1-9-3-5-10(6-4-9)11-7-12(2)8-13-11/h3-8H,1-2H3/q+1. The average molecular weight is 190 g/mol. The van der Waals surface area contributed by atoms with Crippen LogP contribution in [0.1, 0.15) is 5.56 Å². The van der Waals surface area contributed by atoms with E-state index in [-0.39, 0.29) is 0 Å². The van der Waals surface area contributed by atoms with Crippen molar-refractivity contribution in [2.45, 2.75) is 6.92 Å². The van der Waals surface area contributed by atoms with E-state index in [1.54, 1.807) is 11.3 Å². The number of rotatable bonds is 1. The van der Waals surface area contributed by atoms with Crippen molar-refractivity contribution in [1.29, 1.82) is 0 Å². The second-order valence-corrected chi connectivity index (χ2v) is 4.13. The molecule has 0 radical (unpaired) electrons. The van der Waals surface area contributed by atoms with Gasteiger partial charge in [-0.25, -0.2) is 0 Å². The summed E-state index contributed by atoms with van der Waals surface area (Å²) in [6, 6.07) is 8.63. The normalized spacial score (nSPS) is 10.3. The van der Waals surface area contributed by atoms with E-state index in [0.29, 0.717) is 0 Å². The minimum Gasteiger partial charge on any atom is -0.197 e. The Balaban J connectivity index is 2.41. The van der Waals surface area contributed by atoms with Gasteiger partial charge in [-0.05, 0) is 12.5 Å². The van der Waals surface area contributed by atoms with Gasteiger partial charge >= 0.3 is 0 Å². The minimum atomic E-state index is 1.30. The van der Waals surface area contributed by atoms with Gasteiger partial charge in [0.25, 0.3) is 0 Å². The molecule has 0 atom stereocenters. The summed E-state index contributed by atoms with van der Waals surface area (Å²) in [7, 11) is 2.05. The van der Waals surface area contributed by atoms with Gasteiger partial charge in [0.1, 0.15) is 11.9 Å².